The number of benzene rings is 2. The molecule has 0 atom stereocenters. The van der Waals surface area contributed by atoms with Crippen molar-refractivity contribution < 1.29 is 9.53 Å². The van der Waals surface area contributed by atoms with Crippen LogP contribution in [0.5, 0.6) is 5.75 Å². The molecule has 0 unspecified atom stereocenters. The highest BCUT2D eigenvalue weighted by Crippen LogP contribution is 2.21. The van der Waals surface area contributed by atoms with Gasteiger partial charge >= 0.3 is 5.97 Å². The largest absolute Gasteiger partial charge is 0.423 e. The van der Waals surface area contributed by atoms with Crippen molar-refractivity contribution in [3.8, 4) is 5.75 Å². The van der Waals surface area contributed by atoms with Gasteiger partial charge in [0, 0.05) is 17.9 Å². The van der Waals surface area contributed by atoms with E-state index in [-0.39, 0.29) is 0 Å². The van der Waals surface area contributed by atoms with Crippen LogP contribution >= 0.6 is 11.3 Å². The third kappa shape index (κ3) is 4.37. The highest BCUT2D eigenvalue weighted by molar-refractivity contribution is 7.07. The van der Waals surface area contributed by atoms with Gasteiger partial charge in [0.25, 0.3) is 0 Å². The number of carbonyl (C=O) groups is 1. The Labute approximate surface area is 138 Å². The molecule has 2 aromatic carbocycles. The summed E-state index contributed by atoms with van der Waals surface area (Å²) in [5.41, 5.74) is 4.63. The maximum Gasteiger partial charge on any atom is 0.336 e. The molecule has 0 spiro atoms. The minimum absolute atomic E-state index is 0.404. The van der Waals surface area contributed by atoms with Gasteiger partial charge in [-0.3, -0.25) is 0 Å². The molecule has 0 aliphatic rings. The Morgan fingerprint density at radius 3 is 2.65 bits per heavy atom. The van der Waals surface area contributed by atoms with E-state index >= 15 is 0 Å². The molecule has 0 aliphatic heterocycles. The van der Waals surface area contributed by atoms with E-state index in [4.69, 9.17) is 4.74 Å². The van der Waals surface area contributed by atoms with E-state index in [2.05, 4.69) is 17.1 Å². The lowest BCUT2D eigenvalue weighted by Gasteiger charge is -2.08. The molecule has 0 radical (unpaired) electrons. The predicted molar refractivity (Wildman–Crippen MR) is 92.5 cm³/mol. The normalized spacial score (nSPS) is 10.8. The van der Waals surface area contributed by atoms with Crippen molar-refractivity contribution in [2.24, 2.45) is 0 Å². The number of thiazole rings is 1. The van der Waals surface area contributed by atoms with Gasteiger partial charge in [0.15, 0.2) is 0 Å². The van der Waals surface area contributed by atoms with Crippen molar-refractivity contribution in [1.82, 2.24) is 4.98 Å². The summed E-state index contributed by atoms with van der Waals surface area (Å²) in [5, 5.41) is 1.87. The average molecular weight is 321 g/mol. The van der Waals surface area contributed by atoms with Crippen molar-refractivity contribution >= 4 is 23.4 Å². The smallest absolute Gasteiger partial charge is 0.336 e. The molecule has 1 aromatic heterocycles. The average Bonchev–Trinajstić information content (AvgIpc) is 3.09. The lowest BCUT2D eigenvalue weighted by atomic mass is 10.0. The maximum atomic E-state index is 12.0. The van der Waals surface area contributed by atoms with Gasteiger partial charge in [-0.15, -0.1) is 11.3 Å². The number of hydrogen-bond donors (Lipinski definition) is 0. The van der Waals surface area contributed by atoms with Gasteiger partial charge < -0.3 is 4.74 Å². The van der Waals surface area contributed by atoms with Gasteiger partial charge in [-0.05, 0) is 23.3 Å². The molecular formula is C19H15NO2S. The Morgan fingerprint density at radius 2 is 1.87 bits per heavy atom. The van der Waals surface area contributed by atoms with E-state index in [0.717, 1.165) is 17.7 Å². The molecule has 3 rings (SSSR count). The van der Waals surface area contributed by atoms with Crippen LogP contribution in [0.1, 0.15) is 16.8 Å². The first-order valence-corrected chi connectivity index (χ1v) is 8.15. The fourth-order valence-corrected chi connectivity index (χ4v) is 2.69. The summed E-state index contributed by atoms with van der Waals surface area (Å²) in [5.74, 6) is 0.183. The molecule has 3 aromatic rings. The number of nitrogens with zero attached hydrogens (tertiary/aromatic N) is 1. The quantitative estimate of drug-likeness (QED) is 0.398. The lowest BCUT2D eigenvalue weighted by molar-refractivity contribution is -0.128. The molecule has 0 bridgehead atoms. The number of rotatable bonds is 5. The maximum absolute atomic E-state index is 12.0. The van der Waals surface area contributed by atoms with Crippen LogP contribution in [0.3, 0.4) is 0 Å². The number of esters is 1. The Morgan fingerprint density at radius 1 is 1.09 bits per heavy atom. The van der Waals surface area contributed by atoms with Crippen molar-refractivity contribution in [3.63, 3.8) is 0 Å². The third-order valence-corrected chi connectivity index (χ3v) is 3.87. The third-order valence-electron chi connectivity index (χ3n) is 3.26. The van der Waals surface area contributed by atoms with E-state index in [0.29, 0.717) is 5.75 Å². The Hall–Kier alpha value is -2.72. The Bertz CT molecular complexity index is 795. The van der Waals surface area contributed by atoms with Crippen LogP contribution in [0.25, 0.3) is 6.08 Å². The fourth-order valence-electron chi connectivity index (χ4n) is 2.17. The zero-order valence-corrected chi connectivity index (χ0v) is 13.2. The Balaban J connectivity index is 1.71. The van der Waals surface area contributed by atoms with Crippen molar-refractivity contribution in [2.75, 3.05) is 0 Å². The van der Waals surface area contributed by atoms with Crippen molar-refractivity contribution in [1.29, 1.82) is 0 Å². The molecule has 23 heavy (non-hydrogen) atoms. The second kappa shape index (κ2) is 7.51. The lowest BCUT2D eigenvalue weighted by Crippen LogP contribution is -2.06. The van der Waals surface area contributed by atoms with Crippen LogP contribution in [0, 0.1) is 0 Å². The summed E-state index contributed by atoms with van der Waals surface area (Å²) in [6, 6.07) is 17.7. The molecular weight excluding hydrogens is 306 g/mol. The van der Waals surface area contributed by atoms with Crippen LogP contribution in [-0.2, 0) is 11.2 Å². The second-order valence-corrected chi connectivity index (χ2v) is 5.66. The SMILES string of the molecule is O=C(/C=C/c1cscn1)Oc1ccccc1Cc1ccccc1. The highest BCUT2D eigenvalue weighted by Gasteiger charge is 2.07. The van der Waals surface area contributed by atoms with E-state index in [1.165, 1.54) is 23.0 Å². The molecule has 3 nitrogen and oxygen atoms in total. The molecule has 0 saturated heterocycles. The predicted octanol–water partition coefficient (Wildman–Crippen LogP) is 4.35. The molecule has 1 heterocycles. The second-order valence-electron chi connectivity index (χ2n) is 4.94. The minimum atomic E-state index is -0.404. The standard InChI is InChI=1S/C19H15NO2S/c21-19(11-10-17-13-23-14-20-17)22-18-9-5-4-8-16(18)12-15-6-2-1-3-7-15/h1-11,13-14H,12H2/b11-10+. The van der Waals surface area contributed by atoms with Gasteiger partial charge in [0.1, 0.15) is 5.75 Å². The number of para-hydroxylation sites is 1. The highest BCUT2D eigenvalue weighted by atomic mass is 32.1. The van der Waals surface area contributed by atoms with Crippen LogP contribution in [0.2, 0.25) is 0 Å². The van der Waals surface area contributed by atoms with Gasteiger partial charge in [-0.1, -0.05) is 48.5 Å². The molecule has 4 heteroatoms. The van der Waals surface area contributed by atoms with E-state index in [1.807, 2.05) is 47.8 Å². The molecule has 0 saturated carbocycles. The van der Waals surface area contributed by atoms with Crippen LogP contribution in [0.4, 0.5) is 0 Å². The molecule has 0 fully saturated rings. The number of ether oxygens (including phenoxy) is 1. The van der Waals surface area contributed by atoms with Gasteiger partial charge in [-0.25, -0.2) is 9.78 Å². The molecule has 0 N–H and O–H groups in total. The molecule has 114 valence electrons. The summed E-state index contributed by atoms with van der Waals surface area (Å²) in [7, 11) is 0. The zero-order valence-electron chi connectivity index (χ0n) is 12.4. The number of carbonyl (C=O) groups excluding carboxylic acids is 1. The summed E-state index contributed by atoms with van der Waals surface area (Å²) in [6.45, 7) is 0. The summed E-state index contributed by atoms with van der Waals surface area (Å²) < 4.78 is 5.47. The van der Waals surface area contributed by atoms with Crippen LogP contribution < -0.4 is 4.74 Å². The van der Waals surface area contributed by atoms with Crippen molar-refractivity contribution in [3.05, 3.63) is 88.4 Å². The Kier molecular flexibility index (Phi) is 4.96. The zero-order chi connectivity index (χ0) is 15.9. The first-order chi connectivity index (χ1) is 11.3. The van der Waals surface area contributed by atoms with Crippen molar-refractivity contribution in [2.45, 2.75) is 6.42 Å². The topological polar surface area (TPSA) is 39.2 Å². The molecule has 0 amide bonds. The minimum Gasteiger partial charge on any atom is -0.423 e. The van der Waals surface area contributed by atoms with E-state index in [1.54, 1.807) is 11.6 Å². The first kappa shape index (κ1) is 15.2. The van der Waals surface area contributed by atoms with Gasteiger partial charge in [-0.2, -0.15) is 0 Å². The van der Waals surface area contributed by atoms with E-state index in [9.17, 15) is 4.79 Å². The van der Waals surface area contributed by atoms with Gasteiger partial charge in [0.2, 0.25) is 0 Å². The van der Waals surface area contributed by atoms with Crippen LogP contribution in [-0.4, -0.2) is 11.0 Å². The monoisotopic (exact) mass is 321 g/mol. The number of hydrogen-bond acceptors (Lipinski definition) is 4. The van der Waals surface area contributed by atoms with E-state index < -0.39 is 5.97 Å². The molecule has 0 aliphatic carbocycles. The summed E-state index contributed by atoms with van der Waals surface area (Å²) >= 11 is 1.48. The summed E-state index contributed by atoms with van der Waals surface area (Å²) in [4.78, 5) is 16.1. The number of aromatic nitrogens is 1. The first-order valence-electron chi connectivity index (χ1n) is 7.21. The van der Waals surface area contributed by atoms with Crippen LogP contribution in [0.15, 0.2) is 71.6 Å². The van der Waals surface area contributed by atoms with Gasteiger partial charge in [0.05, 0.1) is 11.2 Å². The fraction of sp³-hybridized carbons (Fsp3) is 0.0526. The summed E-state index contributed by atoms with van der Waals surface area (Å²) in [6.07, 6.45) is 3.77.